The number of hydrogen-bond acceptors (Lipinski definition) is 5. The van der Waals surface area contributed by atoms with Crippen LogP contribution in [-0.2, 0) is 9.53 Å². The largest absolute Gasteiger partial charge is 0.482 e. The van der Waals surface area contributed by atoms with Crippen LogP contribution in [0.5, 0.6) is 5.75 Å². The molecule has 0 spiro atoms. The predicted molar refractivity (Wildman–Crippen MR) is 103 cm³/mol. The molecule has 0 bridgehead atoms. The Morgan fingerprint density at radius 2 is 1.43 bits per heavy atom. The van der Waals surface area contributed by atoms with E-state index in [1.807, 2.05) is 42.5 Å². The molecule has 3 rings (SSSR count). The summed E-state index contributed by atoms with van der Waals surface area (Å²) in [6.45, 7) is -0.740. The number of hydrogen-bond donors (Lipinski definition) is 1. The van der Waals surface area contributed by atoms with Gasteiger partial charge in [-0.1, -0.05) is 18.2 Å². The Labute approximate surface area is 161 Å². The number of Topliss-reactive ketones (excluding diaryl/α,β-unsaturated/α-hetero) is 1. The predicted octanol–water partition coefficient (Wildman–Crippen LogP) is 4.37. The Morgan fingerprint density at radius 3 is 2.11 bits per heavy atom. The Kier molecular flexibility index (Phi) is 6.36. The zero-order valence-corrected chi connectivity index (χ0v) is 14.9. The van der Waals surface area contributed by atoms with E-state index >= 15 is 0 Å². The van der Waals surface area contributed by atoms with Crippen LogP contribution < -0.4 is 10.1 Å². The molecule has 0 saturated heterocycles. The van der Waals surface area contributed by atoms with Crippen LogP contribution in [0.25, 0.3) is 0 Å². The van der Waals surface area contributed by atoms with Gasteiger partial charge in [0, 0.05) is 16.9 Å². The fourth-order valence-corrected chi connectivity index (χ4v) is 2.37. The van der Waals surface area contributed by atoms with Crippen LogP contribution in [0.3, 0.4) is 0 Å². The molecular weight excluding hydrogens is 361 g/mol. The van der Waals surface area contributed by atoms with Gasteiger partial charge in [-0.3, -0.25) is 4.79 Å². The van der Waals surface area contributed by atoms with Gasteiger partial charge in [-0.05, 0) is 60.7 Å². The smallest absolute Gasteiger partial charge is 0.344 e. The normalized spacial score (nSPS) is 10.2. The zero-order chi connectivity index (χ0) is 19.8. The van der Waals surface area contributed by atoms with Gasteiger partial charge < -0.3 is 14.8 Å². The first-order chi connectivity index (χ1) is 13.6. The lowest BCUT2D eigenvalue weighted by molar-refractivity contribution is -0.144. The minimum atomic E-state index is -0.665. The average molecular weight is 379 g/mol. The second-order valence-electron chi connectivity index (χ2n) is 5.89. The number of rotatable bonds is 8. The lowest BCUT2D eigenvalue weighted by atomic mass is 10.1. The maximum absolute atomic E-state index is 12.8. The number of ketones is 1. The van der Waals surface area contributed by atoms with Crippen LogP contribution in [0, 0.1) is 5.82 Å². The second kappa shape index (κ2) is 9.32. The minimum absolute atomic E-state index is 0.275. The van der Waals surface area contributed by atoms with Gasteiger partial charge in [0.25, 0.3) is 0 Å². The number of anilines is 2. The highest BCUT2D eigenvalue weighted by Gasteiger charge is 2.11. The average Bonchev–Trinajstić information content (AvgIpc) is 2.73. The molecule has 0 aliphatic carbocycles. The number of ether oxygens (including phenoxy) is 2. The fourth-order valence-electron chi connectivity index (χ4n) is 2.37. The third-order valence-corrected chi connectivity index (χ3v) is 3.80. The highest BCUT2D eigenvalue weighted by Crippen LogP contribution is 2.19. The molecular formula is C22H18FNO4. The van der Waals surface area contributed by atoms with E-state index in [4.69, 9.17) is 9.47 Å². The van der Waals surface area contributed by atoms with Crippen LogP contribution in [0.15, 0.2) is 78.9 Å². The van der Waals surface area contributed by atoms with E-state index in [2.05, 4.69) is 5.32 Å². The number of para-hydroxylation sites is 1. The van der Waals surface area contributed by atoms with Gasteiger partial charge in [-0.25, -0.2) is 9.18 Å². The summed E-state index contributed by atoms with van der Waals surface area (Å²) in [6, 6.07) is 21.8. The van der Waals surface area contributed by atoms with Crippen molar-refractivity contribution < 1.29 is 23.5 Å². The summed E-state index contributed by atoms with van der Waals surface area (Å²) in [5, 5.41) is 3.24. The van der Waals surface area contributed by atoms with Crippen molar-refractivity contribution in [2.45, 2.75) is 0 Å². The lowest BCUT2D eigenvalue weighted by Gasteiger charge is -2.09. The number of benzene rings is 3. The Bertz CT molecular complexity index is 925. The highest BCUT2D eigenvalue weighted by molar-refractivity contribution is 5.97. The molecule has 0 heterocycles. The summed E-state index contributed by atoms with van der Waals surface area (Å²) in [7, 11) is 0. The number of nitrogens with one attached hydrogen (secondary N) is 1. The molecule has 142 valence electrons. The molecule has 0 radical (unpaired) electrons. The molecule has 0 fully saturated rings. The van der Waals surface area contributed by atoms with Gasteiger partial charge >= 0.3 is 5.97 Å². The third-order valence-electron chi connectivity index (χ3n) is 3.80. The zero-order valence-electron chi connectivity index (χ0n) is 14.9. The Balaban J connectivity index is 1.42. The monoisotopic (exact) mass is 379 g/mol. The van der Waals surface area contributed by atoms with E-state index in [-0.39, 0.29) is 12.2 Å². The van der Waals surface area contributed by atoms with Gasteiger partial charge in [0.15, 0.2) is 19.0 Å². The molecule has 28 heavy (non-hydrogen) atoms. The first kappa shape index (κ1) is 19.1. The number of carbonyl (C=O) groups is 2. The standard InChI is InChI=1S/C22H18FNO4/c23-17-8-6-16(7-9-17)21(25)14-28-22(26)15-27-20-12-10-19(11-13-20)24-18-4-2-1-3-5-18/h1-13,24H,14-15H2. The number of esters is 1. The fraction of sp³-hybridized carbons (Fsp3) is 0.0909. The second-order valence-corrected chi connectivity index (χ2v) is 5.89. The minimum Gasteiger partial charge on any atom is -0.482 e. The Hall–Kier alpha value is -3.67. The van der Waals surface area contributed by atoms with E-state index in [0.29, 0.717) is 5.75 Å². The van der Waals surface area contributed by atoms with Crippen LogP contribution in [0.2, 0.25) is 0 Å². The molecule has 0 aliphatic heterocycles. The molecule has 1 N–H and O–H groups in total. The van der Waals surface area contributed by atoms with Crippen molar-refractivity contribution in [3.05, 3.63) is 90.2 Å². The molecule has 0 amide bonds. The van der Waals surface area contributed by atoms with E-state index in [1.54, 1.807) is 12.1 Å². The summed E-state index contributed by atoms with van der Waals surface area (Å²) in [5.74, 6) is -1.01. The summed E-state index contributed by atoms with van der Waals surface area (Å²) in [6.07, 6.45) is 0. The van der Waals surface area contributed by atoms with Crippen LogP contribution in [-0.4, -0.2) is 25.0 Å². The van der Waals surface area contributed by atoms with Crippen molar-refractivity contribution in [2.24, 2.45) is 0 Å². The summed E-state index contributed by atoms with van der Waals surface area (Å²) >= 11 is 0. The first-order valence-electron chi connectivity index (χ1n) is 8.59. The summed E-state index contributed by atoms with van der Waals surface area (Å²) < 4.78 is 23.1. The number of carbonyl (C=O) groups excluding carboxylic acids is 2. The molecule has 0 aliphatic rings. The van der Waals surface area contributed by atoms with Gasteiger partial charge in [0.2, 0.25) is 0 Å². The lowest BCUT2D eigenvalue weighted by Crippen LogP contribution is -2.19. The quantitative estimate of drug-likeness (QED) is 0.465. The van der Waals surface area contributed by atoms with Crippen molar-refractivity contribution in [3.8, 4) is 5.75 Å². The van der Waals surface area contributed by atoms with E-state index in [0.717, 1.165) is 11.4 Å². The van der Waals surface area contributed by atoms with Gasteiger partial charge in [-0.2, -0.15) is 0 Å². The molecule has 0 saturated carbocycles. The van der Waals surface area contributed by atoms with Gasteiger partial charge in [-0.15, -0.1) is 0 Å². The Morgan fingerprint density at radius 1 is 0.786 bits per heavy atom. The van der Waals surface area contributed by atoms with Crippen molar-refractivity contribution in [1.82, 2.24) is 0 Å². The molecule has 0 aromatic heterocycles. The maximum Gasteiger partial charge on any atom is 0.344 e. The van der Waals surface area contributed by atoms with E-state index in [1.165, 1.54) is 24.3 Å². The molecule has 6 heteroatoms. The van der Waals surface area contributed by atoms with Gasteiger partial charge in [0.1, 0.15) is 11.6 Å². The maximum atomic E-state index is 12.8. The first-order valence-corrected chi connectivity index (χ1v) is 8.59. The van der Waals surface area contributed by atoms with Crippen molar-refractivity contribution in [3.63, 3.8) is 0 Å². The van der Waals surface area contributed by atoms with Gasteiger partial charge in [0.05, 0.1) is 0 Å². The number of halogens is 1. The van der Waals surface area contributed by atoms with Crippen molar-refractivity contribution >= 4 is 23.1 Å². The summed E-state index contributed by atoms with van der Waals surface area (Å²) in [5.41, 5.74) is 2.12. The molecule has 5 nitrogen and oxygen atoms in total. The topological polar surface area (TPSA) is 64.6 Å². The molecule has 3 aromatic rings. The highest BCUT2D eigenvalue weighted by atomic mass is 19.1. The van der Waals surface area contributed by atoms with E-state index in [9.17, 15) is 14.0 Å². The van der Waals surface area contributed by atoms with Crippen molar-refractivity contribution in [2.75, 3.05) is 18.5 Å². The van der Waals surface area contributed by atoms with Crippen LogP contribution >= 0.6 is 0 Å². The molecule has 0 atom stereocenters. The SMILES string of the molecule is O=C(COc1ccc(Nc2ccccc2)cc1)OCC(=O)c1ccc(F)cc1. The van der Waals surface area contributed by atoms with Crippen LogP contribution in [0.4, 0.5) is 15.8 Å². The van der Waals surface area contributed by atoms with Crippen LogP contribution in [0.1, 0.15) is 10.4 Å². The third kappa shape index (κ3) is 5.67. The summed E-state index contributed by atoms with van der Waals surface area (Å²) in [4.78, 5) is 23.6. The van der Waals surface area contributed by atoms with Crippen molar-refractivity contribution in [1.29, 1.82) is 0 Å². The molecule has 3 aromatic carbocycles. The van der Waals surface area contributed by atoms with E-state index < -0.39 is 24.2 Å². The molecule has 0 unspecified atom stereocenters.